The summed E-state index contributed by atoms with van der Waals surface area (Å²) in [6, 6.07) is 13.9. The molecule has 1 unspecified atom stereocenters. The van der Waals surface area contributed by atoms with Crippen molar-refractivity contribution >= 4 is 11.8 Å². The zero-order valence-electron chi connectivity index (χ0n) is 16.3. The highest BCUT2D eigenvalue weighted by Gasteiger charge is 2.31. The Morgan fingerprint density at radius 3 is 2.60 bits per heavy atom. The predicted octanol–water partition coefficient (Wildman–Crippen LogP) is 3.82. The zero-order valence-corrected chi connectivity index (χ0v) is 16.3. The molecule has 2 amide bonds. The van der Waals surface area contributed by atoms with Crippen LogP contribution in [0.2, 0.25) is 0 Å². The van der Waals surface area contributed by atoms with E-state index in [4.69, 9.17) is 4.74 Å². The second-order valence-electron chi connectivity index (χ2n) is 7.05. The number of hydrogen-bond donors (Lipinski definition) is 1. The Labute approximate surface area is 172 Å². The van der Waals surface area contributed by atoms with E-state index in [9.17, 15) is 22.8 Å². The molecule has 1 saturated heterocycles. The van der Waals surface area contributed by atoms with Crippen molar-refractivity contribution in [2.75, 3.05) is 26.2 Å². The molecule has 1 fully saturated rings. The van der Waals surface area contributed by atoms with Gasteiger partial charge < -0.3 is 15.0 Å². The molecule has 1 aliphatic rings. The van der Waals surface area contributed by atoms with Crippen LogP contribution in [-0.2, 0) is 15.7 Å². The maximum atomic E-state index is 12.8. The zero-order chi connectivity index (χ0) is 21.6. The largest absolute Gasteiger partial charge is 0.416 e. The minimum Gasteiger partial charge on any atom is -0.370 e. The fourth-order valence-electron chi connectivity index (χ4n) is 3.28. The average Bonchev–Trinajstić information content (AvgIpc) is 2.76. The van der Waals surface area contributed by atoms with Crippen LogP contribution in [0, 0.1) is 0 Å². The number of rotatable bonds is 6. The lowest BCUT2D eigenvalue weighted by atomic mass is 10.1. The number of benzene rings is 2. The van der Waals surface area contributed by atoms with Gasteiger partial charge in [0.15, 0.2) is 0 Å². The number of halogens is 3. The van der Waals surface area contributed by atoms with Crippen LogP contribution >= 0.6 is 0 Å². The number of carbonyl (C=O) groups excluding carboxylic acids is 2. The van der Waals surface area contributed by atoms with Gasteiger partial charge >= 0.3 is 6.18 Å². The third-order valence-corrected chi connectivity index (χ3v) is 4.90. The van der Waals surface area contributed by atoms with Gasteiger partial charge in [-0.05, 0) is 30.2 Å². The number of ether oxygens (including phenoxy) is 1. The van der Waals surface area contributed by atoms with Crippen LogP contribution in [0.25, 0.3) is 0 Å². The highest BCUT2D eigenvalue weighted by atomic mass is 19.4. The van der Waals surface area contributed by atoms with Crippen molar-refractivity contribution < 1.29 is 27.5 Å². The van der Waals surface area contributed by atoms with Gasteiger partial charge in [0, 0.05) is 25.1 Å². The van der Waals surface area contributed by atoms with E-state index in [0.717, 1.165) is 17.7 Å². The number of nitrogens with one attached hydrogen (secondary N) is 1. The quantitative estimate of drug-likeness (QED) is 0.723. The summed E-state index contributed by atoms with van der Waals surface area (Å²) in [6.45, 7) is 1.64. The SMILES string of the molecule is O=C(NCCCC(=O)N1CCOC(c2ccccc2)C1)c1cccc(C(F)(F)F)c1. The first-order valence-electron chi connectivity index (χ1n) is 9.74. The Morgan fingerprint density at radius 1 is 1.10 bits per heavy atom. The molecule has 2 aromatic carbocycles. The summed E-state index contributed by atoms with van der Waals surface area (Å²) in [7, 11) is 0. The van der Waals surface area contributed by atoms with E-state index in [1.165, 1.54) is 12.1 Å². The molecular weight excluding hydrogens is 397 g/mol. The Morgan fingerprint density at radius 2 is 1.87 bits per heavy atom. The molecule has 1 N–H and O–H groups in total. The fourth-order valence-corrected chi connectivity index (χ4v) is 3.28. The highest BCUT2D eigenvalue weighted by molar-refractivity contribution is 5.94. The number of carbonyl (C=O) groups is 2. The van der Waals surface area contributed by atoms with Crippen molar-refractivity contribution in [2.45, 2.75) is 25.1 Å². The van der Waals surface area contributed by atoms with Crippen molar-refractivity contribution in [3.63, 3.8) is 0 Å². The Bertz CT molecular complexity index is 871. The summed E-state index contributed by atoms with van der Waals surface area (Å²) in [6.07, 6.45) is -4.02. The molecular formula is C22H23F3N2O3. The lowest BCUT2D eigenvalue weighted by Crippen LogP contribution is -2.42. The average molecular weight is 420 g/mol. The van der Waals surface area contributed by atoms with E-state index >= 15 is 0 Å². The standard InChI is InChI=1S/C22H23F3N2O3/c23-22(24,25)18-9-4-8-17(14-18)21(29)26-11-5-10-20(28)27-12-13-30-19(15-27)16-6-2-1-3-7-16/h1-4,6-9,14,19H,5,10-13,15H2,(H,26,29). The first-order chi connectivity index (χ1) is 14.3. The van der Waals surface area contributed by atoms with Crippen LogP contribution in [0.15, 0.2) is 54.6 Å². The highest BCUT2D eigenvalue weighted by Crippen LogP contribution is 2.29. The molecule has 1 aliphatic heterocycles. The molecule has 0 radical (unpaired) electrons. The molecule has 3 rings (SSSR count). The summed E-state index contributed by atoms with van der Waals surface area (Å²) in [5.41, 5.74) is 0.0870. The van der Waals surface area contributed by atoms with Gasteiger partial charge in [0.1, 0.15) is 6.10 Å². The smallest absolute Gasteiger partial charge is 0.370 e. The van der Waals surface area contributed by atoms with Gasteiger partial charge in [0.2, 0.25) is 5.91 Å². The summed E-state index contributed by atoms with van der Waals surface area (Å²) in [4.78, 5) is 26.3. The van der Waals surface area contributed by atoms with Gasteiger partial charge in [-0.1, -0.05) is 36.4 Å². The molecule has 0 aromatic heterocycles. The molecule has 1 heterocycles. The minimum atomic E-state index is -4.50. The van der Waals surface area contributed by atoms with Crippen LogP contribution in [0.1, 0.15) is 40.4 Å². The van der Waals surface area contributed by atoms with Crippen LogP contribution in [0.4, 0.5) is 13.2 Å². The van der Waals surface area contributed by atoms with Gasteiger partial charge in [-0.15, -0.1) is 0 Å². The minimum absolute atomic E-state index is 0.0347. The summed E-state index contributed by atoms with van der Waals surface area (Å²) >= 11 is 0. The Hall–Kier alpha value is -2.87. The maximum absolute atomic E-state index is 12.8. The third kappa shape index (κ3) is 5.82. The molecule has 8 heteroatoms. The van der Waals surface area contributed by atoms with E-state index < -0.39 is 17.6 Å². The number of hydrogen-bond acceptors (Lipinski definition) is 3. The van der Waals surface area contributed by atoms with Crippen LogP contribution < -0.4 is 5.32 Å². The second kappa shape index (κ2) is 9.75. The fraction of sp³-hybridized carbons (Fsp3) is 0.364. The number of morpholine rings is 1. The molecule has 0 spiro atoms. The third-order valence-electron chi connectivity index (χ3n) is 4.90. The topological polar surface area (TPSA) is 58.6 Å². The van der Waals surface area contributed by atoms with E-state index in [1.807, 2.05) is 30.3 Å². The van der Waals surface area contributed by atoms with E-state index in [2.05, 4.69) is 5.32 Å². The van der Waals surface area contributed by atoms with Gasteiger partial charge in [-0.3, -0.25) is 9.59 Å². The first-order valence-corrected chi connectivity index (χ1v) is 9.74. The van der Waals surface area contributed by atoms with Gasteiger partial charge in [0.05, 0.1) is 18.7 Å². The van der Waals surface area contributed by atoms with E-state index in [1.54, 1.807) is 4.90 Å². The van der Waals surface area contributed by atoms with Crippen molar-refractivity contribution in [2.24, 2.45) is 0 Å². The van der Waals surface area contributed by atoms with Gasteiger partial charge in [-0.25, -0.2) is 0 Å². The molecule has 1 atom stereocenters. The molecule has 0 bridgehead atoms. The van der Waals surface area contributed by atoms with Crippen molar-refractivity contribution in [3.8, 4) is 0 Å². The normalized spacial score (nSPS) is 16.9. The summed E-state index contributed by atoms with van der Waals surface area (Å²) < 4.78 is 44.0. The number of nitrogens with zero attached hydrogens (tertiary/aromatic N) is 1. The summed E-state index contributed by atoms with van der Waals surface area (Å²) in [5.74, 6) is -0.628. The van der Waals surface area contributed by atoms with Crippen LogP contribution in [0.5, 0.6) is 0 Å². The molecule has 0 saturated carbocycles. The first kappa shape index (κ1) is 21.8. The van der Waals surface area contributed by atoms with E-state index in [-0.39, 0.29) is 30.5 Å². The number of alkyl halides is 3. The maximum Gasteiger partial charge on any atom is 0.416 e. The lowest BCUT2D eigenvalue weighted by molar-refractivity contribution is -0.139. The van der Waals surface area contributed by atoms with Gasteiger partial charge in [-0.2, -0.15) is 13.2 Å². The molecule has 2 aromatic rings. The molecule has 30 heavy (non-hydrogen) atoms. The number of amides is 2. The van der Waals surface area contributed by atoms with Gasteiger partial charge in [0.25, 0.3) is 5.91 Å². The Kier molecular flexibility index (Phi) is 7.10. The molecule has 5 nitrogen and oxygen atoms in total. The van der Waals surface area contributed by atoms with Crippen molar-refractivity contribution in [3.05, 3.63) is 71.3 Å². The lowest BCUT2D eigenvalue weighted by Gasteiger charge is -2.33. The van der Waals surface area contributed by atoms with E-state index in [0.29, 0.717) is 26.1 Å². The predicted molar refractivity (Wildman–Crippen MR) is 105 cm³/mol. The summed E-state index contributed by atoms with van der Waals surface area (Å²) in [5, 5.41) is 2.57. The Balaban J connectivity index is 1.44. The monoisotopic (exact) mass is 420 g/mol. The van der Waals surface area contributed by atoms with Crippen molar-refractivity contribution in [1.82, 2.24) is 10.2 Å². The van der Waals surface area contributed by atoms with Crippen LogP contribution in [0.3, 0.4) is 0 Å². The van der Waals surface area contributed by atoms with Crippen molar-refractivity contribution in [1.29, 1.82) is 0 Å². The molecule has 0 aliphatic carbocycles. The van der Waals surface area contributed by atoms with Crippen LogP contribution in [-0.4, -0.2) is 43.0 Å². The second-order valence-corrected chi connectivity index (χ2v) is 7.05. The molecule has 160 valence electrons.